The summed E-state index contributed by atoms with van der Waals surface area (Å²) < 4.78 is 10.9. The highest BCUT2D eigenvalue weighted by atomic mass is 32.2. The third-order valence-corrected chi connectivity index (χ3v) is 3.30. The fraction of sp³-hybridized carbons (Fsp3) is 0.462. The zero-order valence-electron chi connectivity index (χ0n) is 13.3. The Labute approximate surface area is 126 Å². The van der Waals surface area contributed by atoms with Gasteiger partial charge in [-0.05, 0) is 6.08 Å². The molecule has 0 spiro atoms. The largest absolute Gasteiger partial charge is 0.545 e. The van der Waals surface area contributed by atoms with Crippen molar-refractivity contribution in [2.24, 2.45) is 0 Å². The highest BCUT2D eigenvalue weighted by molar-refractivity contribution is 7.90. The SMILES string of the molecule is C=CC(=O)[O-].C=COC=C.CN(C)[S+](N(C)C)N(C)C. The Kier molecular flexibility index (Phi) is 18.8. The van der Waals surface area contributed by atoms with Crippen molar-refractivity contribution in [3.05, 3.63) is 38.3 Å². The van der Waals surface area contributed by atoms with Crippen LogP contribution in [0.2, 0.25) is 0 Å². The van der Waals surface area contributed by atoms with E-state index in [4.69, 9.17) is 9.90 Å². The smallest absolute Gasteiger partial charge is 0.266 e. The first-order valence-electron chi connectivity index (χ1n) is 5.62. The monoisotopic (exact) mass is 305 g/mol. The average Bonchev–Trinajstić information content (AvgIpc) is 2.29. The molecule has 0 unspecified atom stereocenters. The molecule has 0 saturated heterocycles. The number of rotatable bonds is 6. The summed E-state index contributed by atoms with van der Waals surface area (Å²) in [5, 5.41) is 9.14. The molecule has 0 radical (unpaired) electrons. The van der Waals surface area contributed by atoms with Crippen LogP contribution in [-0.2, 0) is 21.0 Å². The van der Waals surface area contributed by atoms with Gasteiger partial charge in [-0.3, -0.25) is 0 Å². The Morgan fingerprint density at radius 2 is 1.20 bits per heavy atom. The number of carbonyl (C=O) groups is 1. The highest BCUT2D eigenvalue weighted by Crippen LogP contribution is 2.05. The van der Waals surface area contributed by atoms with E-state index in [9.17, 15) is 0 Å². The van der Waals surface area contributed by atoms with Gasteiger partial charge >= 0.3 is 0 Å². The van der Waals surface area contributed by atoms with Crippen molar-refractivity contribution < 1.29 is 14.6 Å². The molecule has 7 heteroatoms. The zero-order valence-corrected chi connectivity index (χ0v) is 14.1. The van der Waals surface area contributed by atoms with Crippen molar-refractivity contribution in [2.45, 2.75) is 0 Å². The first-order chi connectivity index (χ1) is 9.15. The summed E-state index contributed by atoms with van der Waals surface area (Å²) in [5.41, 5.74) is 0. The molecule has 0 N–H and O–H groups in total. The zero-order chi connectivity index (χ0) is 16.7. The van der Waals surface area contributed by atoms with Gasteiger partial charge in [0.15, 0.2) is 0 Å². The van der Waals surface area contributed by atoms with Gasteiger partial charge in [-0.1, -0.05) is 32.7 Å². The van der Waals surface area contributed by atoms with E-state index < -0.39 is 5.97 Å². The lowest BCUT2D eigenvalue weighted by atomic mass is 10.7. The van der Waals surface area contributed by atoms with E-state index in [1.54, 1.807) is 0 Å². The topological polar surface area (TPSA) is 59.1 Å². The summed E-state index contributed by atoms with van der Waals surface area (Å²) in [7, 11) is 12.5. The first kappa shape index (κ1) is 23.8. The minimum absolute atomic E-state index is 0.120. The summed E-state index contributed by atoms with van der Waals surface area (Å²) >= 11 is 0.120. The van der Waals surface area contributed by atoms with Crippen molar-refractivity contribution in [3.8, 4) is 0 Å². The van der Waals surface area contributed by atoms with Crippen LogP contribution >= 0.6 is 0 Å². The average molecular weight is 305 g/mol. The van der Waals surface area contributed by atoms with Gasteiger partial charge < -0.3 is 14.6 Å². The van der Waals surface area contributed by atoms with Gasteiger partial charge in [0.05, 0.1) is 18.5 Å². The number of carboxylic acids is 1. The van der Waals surface area contributed by atoms with E-state index in [0.29, 0.717) is 0 Å². The summed E-state index contributed by atoms with van der Waals surface area (Å²) in [5.74, 6) is -1.23. The molecule has 20 heavy (non-hydrogen) atoms. The van der Waals surface area contributed by atoms with E-state index in [0.717, 1.165) is 6.08 Å². The standard InChI is InChI=1S/C6H18N3S.C4H6O.C3H4O2/c1-7(2)10(8(3)4)9(5)6;1-3-5-4-2;1-2-3(4)5/h1-6H3;3-4H,1-2H2;2H,1H2,(H,4,5)/q+1;;/p-1. The lowest BCUT2D eigenvalue weighted by Gasteiger charge is -2.20. The number of ether oxygens (including phenoxy) is 1. The maximum Gasteiger partial charge on any atom is 0.266 e. The molecule has 118 valence electrons. The summed E-state index contributed by atoms with van der Waals surface area (Å²) in [6, 6.07) is 0. The molecule has 0 bridgehead atoms. The number of nitrogens with zero attached hydrogens (tertiary/aromatic N) is 3. The quantitative estimate of drug-likeness (QED) is 0.398. The Morgan fingerprint density at radius 1 is 0.950 bits per heavy atom. The number of aliphatic carboxylic acids is 1. The Morgan fingerprint density at radius 3 is 1.20 bits per heavy atom. The van der Waals surface area contributed by atoms with E-state index in [-0.39, 0.29) is 11.5 Å². The van der Waals surface area contributed by atoms with Gasteiger partial charge in [0.1, 0.15) is 0 Å². The summed E-state index contributed by atoms with van der Waals surface area (Å²) in [6.45, 7) is 9.41. The molecule has 0 rings (SSSR count). The third kappa shape index (κ3) is 19.1. The Balaban J connectivity index is -0.000000244. The minimum atomic E-state index is -1.23. The van der Waals surface area contributed by atoms with Crippen LogP contribution in [-0.4, -0.2) is 61.2 Å². The molecule has 0 amide bonds. The van der Waals surface area contributed by atoms with Gasteiger partial charge in [-0.15, -0.1) is 0 Å². The molecule has 0 aliphatic carbocycles. The molecule has 6 nitrogen and oxygen atoms in total. The Bertz CT molecular complexity index is 257. The van der Waals surface area contributed by atoms with Crippen LogP contribution in [0.25, 0.3) is 0 Å². The molecule has 0 aromatic heterocycles. The highest BCUT2D eigenvalue weighted by Gasteiger charge is 2.29. The van der Waals surface area contributed by atoms with Crippen LogP contribution in [0.15, 0.2) is 38.3 Å². The van der Waals surface area contributed by atoms with E-state index in [1.165, 1.54) is 12.5 Å². The molecular formula is C13H27N3O3S. The first-order valence-corrected chi connectivity index (χ1v) is 6.72. The molecule has 0 atom stereocenters. The van der Waals surface area contributed by atoms with Crippen molar-refractivity contribution in [1.29, 1.82) is 0 Å². The van der Waals surface area contributed by atoms with E-state index >= 15 is 0 Å². The second-order valence-corrected chi connectivity index (χ2v) is 6.36. The molecule has 0 aromatic carbocycles. The van der Waals surface area contributed by atoms with Gasteiger partial charge in [-0.2, -0.15) is 0 Å². The van der Waals surface area contributed by atoms with Gasteiger partial charge in [-0.25, -0.2) is 0 Å². The van der Waals surface area contributed by atoms with Crippen molar-refractivity contribution in [1.82, 2.24) is 12.9 Å². The predicted molar refractivity (Wildman–Crippen MR) is 85.1 cm³/mol. The molecule has 0 aliphatic heterocycles. The van der Waals surface area contributed by atoms with Crippen LogP contribution in [0.3, 0.4) is 0 Å². The number of carbonyl (C=O) groups excluding carboxylic acids is 1. The summed E-state index contributed by atoms with van der Waals surface area (Å²) in [6.07, 6.45) is 3.35. The number of carboxylic acid groups (broad SMARTS) is 1. The second-order valence-electron chi connectivity index (χ2n) is 3.67. The van der Waals surface area contributed by atoms with Crippen LogP contribution in [0, 0.1) is 0 Å². The fourth-order valence-electron chi connectivity index (χ4n) is 1.05. The van der Waals surface area contributed by atoms with Crippen LogP contribution < -0.4 is 5.11 Å². The maximum absolute atomic E-state index is 9.14. The predicted octanol–water partition coefficient (Wildman–Crippen LogP) is 0.247. The molecule has 0 aromatic rings. The third-order valence-electron chi connectivity index (χ3n) is 1.34. The molecular weight excluding hydrogens is 278 g/mol. The second kappa shape index (κ2) is 15.8. The minimum Gasteiger partial charge on any atom is -0.545 e. The molecule has 0 fully saturated rings. The Hall–Kier alpha value is -1.28. The number of hydrogen-bond acceptors (Lipinski definition) is 6. The molecule has 0 saturated carbocycles. The van der Waals surface area contributed by atoms with E-state index in [1.807, 2.05) is 0 Å². The van der Waals surface area contributed by atoms with E-state index in [2.05, 4.69) is 79.7 Å². The van der Waals surface area contributed by atoms with Crippen molar-refractivity contribution in [3.63, 3.8) is 0 Å². The maximum atomic E-state index is 9.14. The van der Waals surface area contributed by atoms with Gasteiger partial charge in [0.2, 0.25) is 0 Å². The molecule has 0 aliphatic rings. The normalized spacial score (nSPS) is 9.30. The number of hydrogen-bond donors (Lipinski definition) is 0. The lowest BCUT2D eigenvalue weighted by molar-refractivity contribution is -0.297. The van der Waals surface area contributed by atoms with Crippen LogP contribution in [0.5, 0.6) is 0 Å². The van der Waals surface area contributed by atoms with Crippen molar-refractivity contribution >= 4 is 17.4 Å². The molecule has 0 heterocycles. The van der Waals surface area contributed by atoms with Gasteiger partial charge in [0, 0.05) is 42.3 Å². The van der Waals surface area contributed by atoms with Gasteiger partial charge in [0.25, 0.3) is 11.5 Å². The summed E-state index contributed by atoms with van der Waals surface area (Å²) in [4.78, 5) is 9.14. The van der Waals surface area contributed by atoms with Crippen molar-refractivity contribution in [2.75, 3.05) is 42.3 Å². The van der Waals surface area contributed by atoms with Crippen LogP contribution in [0.4, 0.5) is 0 Å². The van der Waals surface area contributed by atoms with Crippen LogP contribution in [0.1, 0.15) is 0 Å². The fourth-order valence-corrected chi connectivity index (χ4v) is 3.01. The lowest BCUT2D eigenvalue weighted by Crippen LogP contribution is -2.44.